The highest BCUT2D eigenvalue weighted by molar-refractivity contribution is 4.84. The Morgan fingerprint density at radius 1 is 1.14 bits per heavy atom. The monoisotopic (exact) mass is 311 g/mol. The highest BCUT2D eigenvalue weighted by Gasteiger charge is 2.33. The van der Waals surface area contributed by atoms with Crippen molar-refractivity contribution in [2.24, 2.45) is 11.3 Å². The first-order chi connectivity index (χ1) is 10.3. The van der Waals surface area contributed by atoms with E-state index < -0.39 is 0 Å². The quantitative estimate of drug-likeness (QED) is 0.837. The predicted molar refractivity (Wildman–Crippen MR) is 92.0 cm³/mol. The van der Waals surface area contributed by atoms with E-state index >= 15 is 0 Å². The second kappa shape index (κ2) is 7.63. The summed E-state index contributed by atoms with van der Waals surface area (Å²) >= 11 is 0. The molecule has 0 unspecified atom stereocenters. The van der Waals surface area contributed by atoms with Crippen LogP contribution in [0.5, 0.6) is 0 Å². The summed E-state index contributed by atoms with van der Waals surface area (Å²) in [7, 11) is 0. The Morgan fingerprint density at radius 2 is 1.77 bits per heavy atom. The summed E-state index contributed by atoms with van der Waals surface area (Å²) in [5, 5.41) is 10.4. The molecular weight excluding hydrogens is 274 g/mol. The Labute approximate surface area is 137 Å². The molecule has 0 amide bonds. The van der Waals surface area contributed by atoms with Gasteiger partial charge in [0.2, 0.25) is 0 Å². The van der Waals surface area contributed by atoms with Crippen molar-refractivity contribution in [3.63, 3.8) is 0 Å². The van der Waals surface area contributed by atoms with Gasteiger partial charge in [0.05, 0.1) is 18.8 Å². The van der Waals surface area contributed by atoms with E-state index in [1.54, 1.807) is 0 Å². The number of ether oxygens (including phenoxy) is 1. The lowest BCUT2D eigenvalue weighted by atomic mass is 9.71. The van der Waals surface area contributed by atoms with Crippen molar-refractivity contribution in [3.8, 4) is 0 Å². The van der Waals surface area contributed by atoms with Crippen LogP contribution in [0.2, 0.25) is 0 Å². The number of rotatable bonds is 5. The van der Waals surface area contributed by atoms with Gasteiger partial charge in [0.25, 0.3) is 0 Å². The smallest absolute Gasteiger partial charge is 0.0900 e. The first-order valence-corrected chi connectivity index (χ1v) is 9.32. The molecule has 22 heavy (non-hydrogen) atoms. The number of piperidine rings is 1. The van der Waals surface area contributed by atoms with Gasteiger partial charge >= 0.3 is 0 Å². The Balaban J connectivity index is 1.76. The maximum absolute atomic E-state index is 10.4. The third-order valence-electron chi connectivity index (χ3n) is 5.67. The van der Waals surface area contributed by atoms with Gasteiger partial charge in [-0.25, -0.2) is 0 Å². The average molecular weight is 312 g/mol. The van der Waals surface area contributed by atoms with Crippen LogP contribution in [0.15, 0.2) is 0 Å². The molecular formula is C19H37NO2. The van der Waals surface area contributed by atoms with Crippen molar-refractivity contribution in [1.82, 2.24) is 4.90 Å². The normalized spacial score (nSPS) is 37.9. The zero-order chi connectivity index (χ0) is 16.3. The molecule has 0 aromatic carbocycles. The molecule has 1 N–H and O–H groups in total. The van der Waals surface area contributed by atoms with Crippen molar-refractivity contribution < 1.29 is 9.84 Å². The summed E-state index contributed by atoms with van der Waals surface area (Å²) in [6, 6.07) is 1.18. The van der Waals surface area contributed by atoms with Gasteiger partial charge in [-0.15, -0.1) is 0 Å². The molecule has 1 saturated carbocycles. The second-order valence-electron chi connectivity index (χ2n) is 8.85. The van der Waals surface area contributed by atoms with Crippen LogP contribution < -0.4 is 0 Å². The van der Waals surface area contributed by atoms with Gasteiger partial charge in [0, 0.05) is 18.6 Å². The van der Waals surface area contributed by atoms with Crippen LogP contribution in [-0.2, 0) is 4.74 Å². The number of nitrogens with zero attached hydrogens (tertiary/aromatic N) is 1. The van der Waals surface area contributed by atoms with Gasteiger partial charge < -0.3 is 9.84 Å². The standard InChI is InChI=1S/C19H37NO2/c1-14-9-18(11-19(4,5)10-14)22-13-17(21)12-20-15(2)7-6-8-16(20)3/h14-18,21H,6-13H2,1-5H3/t14-,15-,16+,17-,18+/m1/s1. The van der Waals surface area contributed by atoms with Gasteiger partial charge in [0.1, 0.15) is 0 Å². The van der Waals surface area contributed by atoms with Crippen LogP contribution in [0.4, 0.5) is 0 Å². The minimum absolute atomic E-state index is 0.324. The van der Waals surface area contributed by atoms with E-state index in [1.807, 2.05) is 0 Å². The van der Waals surface area contributed by atoms with E-state index in [2.05, 4.69) is 39.5 Å². The van der Waals surface area contributed by atoms with E-state index in [9.17, 15) is 5.11 Å². The predicted octanol–water partition coefficient (Wildman–Crippen LogP) is 3.84. The molecule has 0 aromatic rings. The molecule has 130 valence electrons. The molecule has 5 atom stereocenters. The summed E-state index contributed by atoms with van der Waals surface area (Å²) in [6.07, 6.45) is 7.36. The zero-order valence-corrected chi connectivity index (χ0v) is 15.3. The summed E-state index contributed by atoms with van der Waals surface area (Å²) in [5.41, 5.74) is 0.378. The van der Waals surface area contributed by atoms with E-state index in [-0.39, 0.29) is 6.10 Å². The molecule has 2 fully saturated rings. The van der Waals surface area contributed by atoms with Crippen molar-refractivity contribution in [2.45, 2.75) is 97.4 Å². The summed E-state index contributed by atoms with van der Waals surface area (Å²) in [5.74, 6) is 0.730. The fourth-order valence-electron chi connectivity index (χ4n) is 4.76. The molecule has 2 aliphatic rings. The molecule has 0 aromatic heterocycles. The molecule has 1 aliphatic carbocycles. The number of β-amino-alcohol motifs (C(OH)–C–C–N with tert-alkyl or cyclic N) is 1. The summed E-state index contributed by atoms with van der Waals surface area (Å²) < 4.78 is 6.09. The lowest BCUT2D eigenvalue weighted by molar-refractivity contribution is -0.0680. The van der Waals surface area contributed by atoms with E-state index in [0.29, 0.717) is 30.2 Å². The van der Waals surface area contributed by atoms with E-state index in [0.717, 1.165) is 25.3 Å². The molecule has 1 saturated heterocycles. The van der Waals surface area contributed by atoms with E-state index in [4.69, 9.17) is 4.74 Å². The van der Waals surface area contributed by atoms with Crippen LogP contribution in [0, 0.1) is 11.3 Å². The lowest BCUT2D eigenvalue weighted by Crippen LogP contribution is -2.48. The van der Waals surface area contributed by atoms with Gasteiger partial charge in [-0.2, -0.15) is 0 Å². The Kier molecular flexibility index (Phi) is 6.32. The van der Waals surface area contributed by atoms with Crippen LogP contribution in [0.25, 0.3) is 0 Å². The number of hydrogen-bond acceptors (Lipinski definition) is 3. The van der Waals surface area contributed by atoms with Gasteiger partial charge in [-0.3, -0.25) is 4.90 Å². The first-order valence-electron chi connectivity index (χ1n) is 9.32. The number of likely N-dealkylation sites (tertiary alicyclic amines) is 1. The Hall–Kier alpha value is -0.120. The first kappa shape index (κ1) is 18.2. The molecule has 1 aliphatic heterocycles. The summed E-state index contributed by atoms with van der Waals surface area (Å²) in [4.78, 5) is 2.46. The van der Waals surface area contributed by atoms with Crippen molar-refractivity contribution in [1.29, 1.82) is 0 Å². The van der Waals surface area contributed by atoms with Crippen molar-refractivity contribution >= 4 is 0 Å². The lowest BCUT2D eigenvalue weighted by Gasteiger charge is -2.41. The third-order valence-corrected chi connectivity index (χ3v) is 5.67. The van der Waals surface area contributed by atoms with Crippen molar-refractivity contribution in [3.05, 3.63) is 0 Å². The molecule has 3 nitrogen and oxygen atoms in total. The van der Waals surface area contributed by atoms with Gasteiger partial charge in [0.15, 0.2) is 0 Å². The largest absolute Gasteiger partial charge is 0.389 e. The third kappa shape index (κ3) is 5.21. The number of aliphatic hydroxyl groups excluding tert-OH is 1. The van der Waals surface area contributed by atoms with Crippen LogP contribution >= 0.6 is 0 Å². The highest BCUT2D eigenvalue weighted by atomic mass is 16.5. The molecule has 2 rings (SSSR count). The number of hydrogen-bond donors (Lipinski definition) is 1. The summed E-state index contributed by atoms with van der Waals surface area (Å²) in [6.45, 7) is 12.8. The van der Waals surface area contributed by atoms with Crippen molar-refractivity contribution in [2.75, 3.05) is 13.2 Å². The van der Waals surface area contributed by atoms with Crippen LogP contribution in [0.1, 0.15) is 73.1 Å². The minimum Gasteiger partial charge on any atom is -0.389 e. The fourth-order valence-corrected chi connectivity index (χ4v) is 4.76. The number of aliphatic hydroxyl groups is 1. The maximum atomic E-state index is 10.4. The minimum atomic E-state index is -0.358. The highest BCUT2D eigenvalue weighted by Crippen LogP contribution is 2.39. The van der Waals surface area contributed by atoms with Gasteiger partial charge in [-0.05, 0) is 57.3 Å². The maximum Gasteiger partial charge on any atom is 0.0900 e. The SMILES string of the molecule is C[C@@H]1C[C@H](OC[C@H](O)CN2[C@H](C)CCC[C@@H]2C)CC(C)(C)C1. The topological polar surface area (TPSA) is 32.7 Å². The van der Waals surface area contributed by atoms with E-state index in [1.165, 1.54) is 25.7 Å². The van der Waals surface area contributed by atoms with Gasteiger partial charge in [-0.1, -0.05) is 27.2 Å². The Morgan fingerprint density at radius 3 is 2.36 bits per heavy atom. The molecule has 1 heterocycles. The Bertz CT molecular complexity index is 334. The fraction of sp³-hybridized carbons (Fsp3) is 1.00. The van der Waals surface area contributed by atoms with Crippen LogP contribution in [-0.4, -0.2) is 47.4 Å². The zero-order valence-electron chi connectivity index (χ0n) is 15.3. The molecule has 0 spiro atoms. The molecule has 0 bridgehead atoms. The molecule has 3 heteroatoms. The average Bonchev–Trinajstić information content (AvgIpc) is 2.38. The molecule has 0 radical (unpaired) electrons. The van der Waals surface area contributed by atoms with Crippen LogP contribution in [0.3, 0.4) is 0 Å². The second-order valence-corrected chi connectivity index (χ2v) is 8.85.